The third-order valence-corrected chi connectivity index (χ3v) is 9.09. The lowest BCUT2D eigenvalue weighted by molar-refractivity contribution is -0.120. The number of ether oxygens (including phenoxy) is 1. The molecule has 0 unspecified atom stereocenters. The van der Waals surface area contributed by atoms with Gasteiger partial charge in [-0.1, -0.05) is 0 Å². The van der Waals surface area contributed by atoms with Gasteiger partial charge in [0.1, 0.15) is 0 Å². The van der Waals surface area contributed by atoms with E-state index in [0.29, 0.717) is 51.4 Å². The predicted octanol–water partition coefficient (Wildman–Crippen LogP) is 0.164. The molecular weight excluding hydrogens is 432 g/mol. The molecule has 10 nitrogen and oxygen atoms in total. The van der Waals surface area contributed by atoms with Crippen LogP contribution < -0.4 is 5.32 Å². The highest BCUT2D eigenvalue weighted by molar-refractivity contribution is 7.89. The van der Waals surface area contributed by atoms with Crippen molar-refractivity contribution in [3.05, 3.63) is 24.3 Å². The molecule has 30 heavy (non-hydrogen) atoms. The first kappa shape index (κ1) is 23.1. The topological polar surface area (TPSA) is 116 Å². The van der Waals surface area contributed by atoms with E-state index < -0.39 is 26.2 Å². The van der Waals surface area contributed by atoms with Gasteiger partial charge in [-0.25, -0.2) is 8.42 Å². The Kier molecular flexibility index (Phi) is 7.15. The maximum atomic E-state index is 12.7. The van der Waals surface area contributed by atoms with E-state index >= 15 is 0 Å². The lowest BCUT2D eigenvalue weighted by Crippen LogP contribution is -2.47. The van der Waals surface area contributed by atoms with Crippen molar-refractivity contribution in [2.45, 2.75) is 17.7 Å². The number of rotatable bonds is 6. The zero-order valence-electron chi connectivity index (χ0n) is 17.2. The molecule has 2 aliphatic rings. The summed E-state index contributed by atoms with van der Waals surface area (Å²) in [4.78, 5) is 12.8. The van der Waals surface area contributed by atoms with Crippen LogP contribution in [0.3, 0.4) is 0 Å². The van der Waals surface area contributed by atoms with Crippen molar-refractivity contribution < 1.29 is 26.4 Å². The summed E-state index contributed by atoms with van der Waals surface area (Å²) in [6.07, 6.45) is 1.19. The number of piperidine rings is 1. The molecule has 2 aliphatic heterocycles. The molecule has 1 aromatic carbocycles. The molecule has 0 aliphatic carbocycles. The molecule has 1 amide bonds. The smallest absolute Gasteiger partial charge is 0.281 e. The van der Waals surface area contributed by atoms with Gasteiger partial charge in [-0.05, 0) is 37.1 Å². The average molecular weight is 461 g/mol. The van der Waals surface area contributed by atoms with E-state index in [1.807, 2.05) is 0 Å². The van der Waals surface area contributed by atoms with E-state index in [1.54, 1.807) is 12.1 Å². The van der Waals surface area contributed by atoms with Gasteiger partial charge in [0, 0.05) is 46.0 Å². The second-order valence-corrected chi connectivity index (χ2v) is 11.6. The van der Waals surface area contributed by atoms with E-state index in [-0.39, 0.29) is 17.3 Å². The Morgan fingerprint density at radius 2 is 1.67 bits per heavy atom. The van der Waals surface area contributed by atoms with Crippen molar-refractivity contribution in [1.29, 1.82) is 0 Å². The molecule has 0 aromatic heterocycles. The van der Waals surface area contributed by atoms with Crippen LogP contribution in [-0.4, -0.2) is 89.1 Å². The highest BCUT2D eigenvalue weighted by atomic mass is 32.2. The molecule has 12 heteroatoms. The normalized spacial score (nSPS) is 22.2. The van der Waals surface area contributed by atoms with Gasteiger partial charge in [0.2, 0.25) is 15.9 Å². The lowest BCUT2D eigenvalue weighted by atomic mass is 9.99. The molecule has 0 saturated carbocycles. The molecule has 2 heterocycles. The number of nitrogens with one attached hydrogen (secondary N) is 1. The highest BCUT2D eigenvalue weighted by Gasteiger charge is 2.33. The fourth-order valence-corrected chi connectivity index (χ4v) is 6.09. The standard InChI is InChI=1S/C18H28N4O6S2/c1-20(2)30(26,27)22-9-3-4-15(14-22)18(23)19-16-5-7-17(8-6-16)29(24,25)21-10-12-28-13-11-21/h5-8,15H,3-4,9-14H2,1-2H3,(H,19,23)/t15-/m0/s1. The minimum Gasteiger partial charge on any atom is -0.379 e. The highest BCUT2D eigenvalue weighted by Crippen LogP contribution is 2.23. The number of sulfonamides is 1. The Labute approximate surface area is 178 Å². The molecule has 2 fully saturated rings. The van der Waals surface area contributed by atoms with Crippen LogP contribution in [-0.2, 0) is 29.8 Å². The van der Waals surface area contributed by atoms with Crippen LogP contribution in [0.1, 0.15) is 12.8 Å². The van der Waals surface area contributed by atoms with Gasteiger partial charge in [0.25, 0.3) is 10.2 Å². The third-order valence-electron chi connectivity index (χ3n) is 5.27. The molecule has 0 bridgehead atoms. The van der Waals surface area contributed by atoms with Gasteiger partial charge < -0.3 is 10.1 Å². The fourth-order valence-electron chi connectivity index (χ4n) is 3.49. The molecule has 1 atom stereocenters. The molecule has 0 spiro atoms. The Morgan fingerprint density at radius 1 is 1.03 bits per heavy atom. The number of carbonyl (C=O) groups is 1. The van der Waals surface area contributed by atoms with Crippen LogP contribution in [0, 0.1) is 5.92 Å². The summed E-state index contributed by atoms with van der Waals surface area (Å²) in [5.74, 6) is -0.748. The minimum atomic E-state index is -3.60. The first-order valence-electron chi connectivity index (χ1n) is 9.79. The van der Waals surface area contributed by atoms with Crippen molar-refractivity contribution in [3.63, 3.8) is 0 Å². The largest absolute Gasteiger partial charge is 0.379 e. The number of hydrogen-bond acceptors (Lipinski definition) is 6. The van der Waals surface area contributed by atoms with E-state index in [2.05, 4.69) is 5.32 Å². The Balaban J connectivity index is 1.64. The molecule has 168 valence electrons. The van der Waals surface area contributed by atoms with Crippen LogP contribution in [0.15, 0.2) is 29.2 Å². The van der Waals surface area contributed by atoms with Gasteiger partial charge in [-0.3, -0.25) is 4.79 Å². The zero-order valence-corrected chi connectivity index (χ0v) is 18.8. The summed E-state index contributed by atoms with van der Waals surface area (Å²) in [5.41, 5.74) is 0.466. The van der Waals surface area contributed by atoms with E-state index in [1.165, 1.54) is 34.8 Å². The summed E-state index contributed by atoms with van der Waals surface area (Å²) in [6.45, 7) is 1.88. The van der Waals surface area contributed by atoms with Crippen LogP contribution in [0.5, 0.6) is 0 Å². The number of amides is 1. The maximum Gasteiger partial charge on any atom is 0.281 e. The number of benzene rings is 1. The Hall–Kier alpha value is -1.57. The Morgan fingerprint density at radius 3 is 2.27 bits per heavy atom. The summed E-state index contributed by atoms with van der Waals surface area (Å²) in [6, 6.07) is 6.01. The van der Waals surface area contributed by atoms with Gasteiger partial charge in [-0.2, -0.15) is 21.3 Å². The lowest BCUT2D eigenvalue weighted by Gasteiger charge is -2.32. The molecule has 1 N–H and O–H groups in total. The molecule has 0 radical (unpaired) electrons. The van der Waals surface area contributed by atoms with Crippen molar-refractivity contribution >= 4 is 31.8 Å². The van der Waals surface area contributed by atoms with Gasteiger partial charge in [-0.15, -0.1) is 0 Å². The number of hydrogen-bond donors (Lipinski definition) is 1. The first-order valence-corrected chi connectivity index (χ1v) is 12.6. The van der Waals surface area contributed by atoms with Gasteiger partial charge in [0.15, 0.2) is 0 Å². The fraction of sp³-hybridized carbons (Fsp3) is 0.611. The summed E-state index contributed by atoms with van der Waals surface area (Å²) in [7, 11) is -4.23. The van der Waals surface area contributed by atoms with Gasteiger partial charge >= 0.3 is 0 Å². The van der Waals surface area contributed by atoms with Crippen molar-refractivity contribution in [2.24, 2.45) is 5.92 Å². The number of nitrogens with zero attached hydrogens (tertiary/aromatic N) is 3. The second kappa shape index (κ2) is 9.28. The molecule has 1 aromatic rings. The predicted molar refractivity (Wildman–Crippen MR) is 112 cm³/mol. The SMILES string of the molecule is CN(C)S(=O)(=O)N1CCC[C@H](C(=O)Nc2ccc(S(=O)(=O)N3CCOCC3)cc2)C1. The van der Waals surface area contributed by atoms with E-state index in [9.17, 15) is 21.6 Å². The minimum absolute atomic E-state index is 0.121. The van der Waals surface area contributed by atoms with Crippen LogP contribution in [0.4, 0.5) is 5.69 Å². The van der Waals surface area contributed by atoms with E-state index in [0.717, 1.165) is 4.31 Å². The third kappa shape index (κ3) is 5.01. The zero-order chi connectivity index (χ0) is 21.9. The van der Waals surface area contributed by atoms with Crippen LogP contribution in [0.25, 0.3) is 0 Å². The van der Waals surface area contributed by atoms with E-state index in [4.69, 9.17) is 4.74 Å². The second-order valence-electron chi connectivity index (χ2n) is 7.52. The molecule has 3 rings (SSSR count). The average Bonchev–Trinajstić information content (AvgIpc) is 2.74. The number of carbonyl (C=O) groups excluding carboxylic acids is 1. The summed E-state index contributed by atoms with van der Waals surface area (Å²) >= 11 is 0. The number of anilines is 1. The summed E-state index contributed by atoms with van der Waals surface area (Å²) < 4.78 is 59.0. The molecule has 2 saturated heterocycles. The van der Waals surface area contributed by atoms with Crippen molar-refractivity contribution in [3.8, 4) is 0 Å². The maximum absolute atomic E-state index is 12.7. The monoisotopic (exact) mass is 460 g/mol. The molecular formula is C18H28N4O6S2. The van der Waals surface area contributed by atoms with Gasteiger partial charge in [0.05, 0.1) is 24.0 Å². The van der Waals surface area contributed by atoms with Crippen molar-refractivity contribution in [1.82, 2.24) is 12.9 Å². The number of morpholine rings is 1. The van der Waals surface area contributed by atoms with Crippen LogP contribution >= 0.6 is 0 Å². The quantitative estimate of drug-likeness (QED) is 0.647. The Bertz CT molecular complexity index is 957. The van der Waals surface area contributed by atoms with Crippen LogP contribution in [0.2, 0.25) is 0 Å². The first-order chi connectivity index (χ1) is 14.1. The summed E-state index contributed by atoms with van der Waals surface area (Å²) in [5, 5.41) is 2.77. The van der Waals surface area contributed by atoms with Crippen molar-refractivity contribution in [2.75, 3.05) is 58.8 Å².